The quantitative estimate of drug-likeness (QED) is 0.560. The van der Waals surface area contributed by atoms with Gasteiger partial charge in [0.25, 0.3) is 0 Å². The molecule has 0 saturated heterocycles. The number of nitrogens with zero attached hydrogens (tertiary/aromatic N) is 2. The Hall–Kier alpha value is -2.79. The summed E-state index contributed by atoms with van der Waals surface area (Å²) in [6, 6.07) is 15.0. The highest BCUT2D eigenvalue weighted by atomic mass is 35.5. The fourth-order valence-electron chi connectivity index (χ4n) is 2.48. The van der Waals surface area contributed by atoms with E-state index in [-0.39, 0.29) is 0 Å². The molecule has 3 aromatic rings. The van der Waals surface area contributed by atoms with Gasteiger partial charge in [-0.1, -0.05) is 48.0 Å². The lowest BCUT2D eigenvalue weighted by molar-refractivity contribution is 0.249. The van der Waals surface area contributed by atoms with E-state index in [1.165, 1.54) is 0 Å². The highest BCUT2D eigenvalue weighted by molar-refractivity contribution is 6.31. The molecule has 23 heavy (non-hydrogen) atoms. The van der Waals surface area contributed by atoms with Crippen molar-refractivity contribution < 1.29 is 4.79 Å². The van der Waals surface area contributed by atoms with Crippen LogP contribution in [-0.4, -0.2) is 16.8 Å². The van der Waals surface area contributed by atoms with Crippen LogP contribution < -0.4 is 11.2 Å². The van der Waals surface area contributed by atoms with Crippen LogP contribution in [0.25, 0.3) is 10.9 Å². The number of amides is 2. The molecule has 0 unspecified atom stereocenters. The molecule has 0 saturated carbocycles. The van der Waals surface area contributed by atoms with Crippen LogP contribution in [0.1, 0.15) is 11.1 Å². The third-order valence-corrected chi connectivity index (χ3v) is 3.87. The Morgan fingerprint density at radius 1 is 1.22 bits per heavy atom. The maximum atomic E-state index is 10.7. The molecule has 0 spiro atoms. The third kappa shape index (κ3) is 3.35. The molecule has 2 amide bonds. The normalized spacial score (nSPS) is 11.2. The summed E-state index contributed by atoms with van der Waals surface area (Å²) in [5.41, 5.74) is 10.2. The molecule has 5 nitrogen and oxygen atoms in total. The highest BCUT2D eigenvalue weighted by Crippen LogP contribution is 2.23. The van der Waals surface area contributed by atoms with Gasteiger partial charge in [0, 0.05) is 34.2 Å². The third-order valence-electron chi connectivity index (χ3n) is 3.50. The number of para-hydroxylation sites is 1. The van der Waals surface area contributed by atoms with Crippen LogP contribution >= 0.6 is 11.6 Å². The lowest BCUT2D eigenvalue weighted by atomic mass is 10.2. The number of nitrogens with two attached hydrogens (primary N) is 1. The predicted molar refractivity (Wildman–Crippen MR) is 92.8 cm³/mol. The van der Waals surface area contributed by atoms with Gasteiger partial charge >= 0.3 is 6.03 Å². The van der Waals surface area contributed by atoms with E-state index in [1.807, 2.05) is 54.7 Å². The van der Waals surface area contributed by atoms with E-state index in [0.717, 1.165) is 27.1 Å². The molecule has 0 aliphatic rings. The first-order valence-electron chi connectivity index (χ1n) is 7.05. The van der Waals surface area contributed by atoms with Crippen molar-refractivity contribution in [3.05, 3.63) is 70.9 Å². The van der Waals surface area contributed by atoms with Crippen molar-refractivity contribution in [3.8, 4) is 0 Å². The lowest BCUT2D eigenvalue weighted by Gasteiger charge is -2.07. The summed E-state index contributed by atoms with van der Waals surface area (Å²) in [5.74, 6) is 0. The number of rotatable bonds is 4. The summed E-state index contributed by atoms with van der Waals surface area (Å²) in [7, 11) is 0. The van der Waals surface area contributed by atoms with Gasteiger partial charge in [0.05, 0.1) is 6.21 Å². The minimum absolute atomic E-state index is 0.650. The van der Waals surface area contributed by atoms with E-state index in [1.54, 1.807) is 6.21 Å². The van der Waals surface area contributed by atoms with Crippen LogP contribution in [0.5, 0.6) is 0 Å². The summed E-state index contributed by atoms with van der Waals surface area (Å²) in [4.78, 5) is 10.7. The van der Waals surface area contributed by atoms with Crippen LogP contribution in [0, 0.1) is 0 Å². The smallest absolute Gasteiger partial charge is 0.332 e. The minimum Gasteiger partial charge on any atom is -0.350 e. The zero-order valence-corrected chi connectivity index (χ0v) is 13.0. The van der Waals surface area contributed by atoms with Crippen LogP contribution in [-0.2, 0) is 6.54 Å². The average molecular weight is 327 g/mol. The van der Waals surface area contributed by atoms with E-state index in [4.69, 9.17) is 17.3 Å². The van der Waals surface area contributed by atoms with Crippen LogP contribution in [0.3, 0.4) is 0 Å². The second kappa shape index (κ2) is 6.54. The molecular weight excluding hydrogens is 312 g/mol. The number of hydrogen-bond donors (Lipinski definition) is 2. The highest BCUT2D eigenvalue weighted by Gasteiger charge is 2.08. The SMILES string of the molecule is NC(=O)N/N=C/c1cn(Cc2ccccc2Cl)c2ccccc12. The second-order valence-electron chi connectivity index (χ2n) is 5.06. The van der Waals surface area contributed by atoms with E-state index < -0.39 is 6.03 Å². The van der Waals surface area contributed by atoms with Crippen molar-refractivity contribution in [2.75, 3.05) is 0 Å². The van der Waals surface area contributed by atoms with Crippen molar-refractivity contribution in [1.29, 1.82) is 0 Å². The Bertz CT molecular complexity index is 885. The maximum absolute atomic E-state index is 10.7. The van der Waals surface area contributed by atoms with E-state index in [9.17, 15) is 4.79 Å². The van der Waals surface area contributed by atoms with E-state index in [2.05, 4.69) is 15.1 Å². The molecule has 0 radical (unpaired) electrons. The fraction of sp³-hybridized carbons (Fsp3) is 0.0588. The van der Waals surface area contributed by atoms with Gasteiger partial charge in [-0.05, 0) is 17.7 Å². The second-order valence-corrected chi connectivity index (χ2v) is 5.46. The number of primary amides is 1. The summed E-state index contributed by atoms with van der Waals surface area (Å²) in [5, 5.41) is 5.61. The molecule has 1 heterocycles. The molecule has 0 fully saturated rings. The van der Waals surface area contributed by atoms with Crippen molar-refractivity contribution in [2.45, 2.75) is 6.54 Å². The van der Waals surface area contributed by atoms with Crippen LogP contribution in [0.15, 0.2) is 59.8 Å². The number of benzene rings is 2. The van der Waals surface area contributed by atoms with Gasteiger partial charge in [-0.15, -0.1) is 0 Å². The van der Waals surface area contributed by atoms with Crippen molar-refractivity contribution >= 4 is 34.7 Å². The monoisotopic (exact) mass is 326 g/mol. The number of fused-ring (bicyclic) bond motifs is 1. The Morgan fingerprint density at radius 2 is 1.96 bits per heavy atom. The number of carbonyl (C=O) groups excluding carboxylic acids is 1. The van der Waals surface area contributed by atoms with Gasteiger partial charge in [0.15, 0.2) is 0 Å². The van der Waals surface area contributed by atoms with Gasteiger partial charge in [0.1, 0.15) is 0 Å². The van der Waals surface area contributed by atoms with Gasteiger partial charge < -0.3 is 10.3 Å². The molecule has 3 N–H and O–H groups in total. The van der Waals surface area contributed by atoms with Crippen LogP contribution in [0.2, 0.25) is 5.02 Å². The molecule has 0 bridgehead atoms. The number of hydrazone groups is 1. The molecule has 6 heteroatoms. The zero-order valence-electron chi connectivity index (χ0n) is 12.2. The Kier molecular flexibility index (Phi) is 4.30. The summed E-state index contributed by atoms with van der Waals surface area (Å²) < 4.78 is 2.10. The van der Waals surface area contributed by atoms with Crippen molar-refractivity contribution in [1.82, 2.24) is 9.99 Å². The van der Waals surface area contributed by atoms with Crippen molar-refractivity contribution in [3.63, 3.8) is 0 Å². The van der Waals surface area contributed by atoms with Gasteiger partial charge in [-0.3, -0.25) is 0 Å². The molecule has 1 aromatic heterocycles. The summed E-state index contributed by atoms with van der Waals surface area (Å²) in [6.07, 6.45) is 3.55. The Morgan fingerprint density at radius 3 is 2.74 bits per heavy atom. The molecule has 2 aromatic carbocycles. The average Bonchev–Trinajstić information content (AvgIpc) is 2.88. The molecule has 116 valence electrons. The maximum Gasteiger partial charge on any atom is 0.332 e. The van der Waals surface area contributed by atoms with Gasteiger partial charge in [0.2, 0.25) is 0 Å². The standard InChI is InChI=1S/C17H15ClN4O/c18-15-7-3-1-5-12(15)10-22-11-13(9-20-21-17(19)23)14-6-2-4-8-16(14)22/h1-9,11H,10H2,(H3,19,21,23)/b20-9+. The van der Waals surface area contributed by atoms with E-state index in [0.29, 0.717) is 6.54 Å². The largest absolute Gasteiger partial charge is 0.350 e. The zero-order chi connectivity index (χ0) is 16.2. The molecule has 0 aliphatic heterocycles. The first kappa shape index (κ1) is 15.1. The number of hydrogen-bond acceptors (Lipinski definition) is 2. The Labute approximate surface area is 138 Å². The summed E-state index contributed by atoms with van der Waals surface area (Å²) >= 11 is 6.25. The summed E-state index contributed by atoms with van der Waals surface area (Å²) in [6.45, 7) is 0.650. The predicted octanol–water partition coefficient (Wildman–Crippen LogP) is 3.35. The van der Waals surface area contributed by atoms with Gasteiger partial charge in [-0.25, -0.2) is 10.2 Å². The number of aromatic nitrogens is 1. The molecular formula is C17H15ClN4O. The molecule has 0 aliphatic carbocycles. The first-order chi connectivity index (χ1) is 11.1. The number of nitrogens with one attached hydrogen (secondary N) is 1. The van der Waals surface area contributed by atoms with Gasteiger partial charge in [-0.2, -0.15) is 5.10 Å². The van der Waals surface area contributed by atoms with E-state index >= 15 is 0 Å². The Balaban J connectivity index is 1.99. The van der Waals surface area contributed by atoms with Crippen molar-refractivity contribution in [2.24, 2.45) is 10.8 Å². The fourth-order valence-corrected chi connectivity index (χ4v) is 2.68. The number of urea groups is 1. The topological polar surface area (TPSA) is 72.4 Å². The van der Waals surface area contributed by atoms with Crippen LogP contribution in [0.4, 0.5) is 4.79 Å². The number of carbonyl (C=O) groups is 1. The number of halogens is 1. The molecule has 0 atom stereocenters. The molecule has 3 rings (SSSR count). The minimum atomic E-state index is -0.693. The first-order valence-corrected chi connectivity index (χ1v) is 7.43. The lowest BCUT2D eigenvalue weighted by Crippen LogP contribution is -2.24.